The third-order valence-corrected chi connectivity index (χ3v) is 3.33. The van der Waals surface area contributed by atoms with Crippen molar-refractivity contribution in [3.05, 3.63) is 30.0 Å². The molecule has 1 aromatic heterocycles. The van der Waals surface area contributed by atoms with Crippen LogP contribution in [-0.2, 0) is 16.0 Å². The Hall–Kier alpha value is -1.42. The second-order valence-corrected chi connectivity index (χ2v) is 5.46. The summed E-state index contributed by atoms with van der Waals surface area (Å²) in [6, 6.07) is 8.11. The Morgan fingerprint density at radius 3 is 2.82 bits per heavy atom. The van der Waals surface area contributed by atoms with Crippen molar-refractivity contribution in [1.29, 1.82) is 0 Å². The predicted octanol–water partition coefficient (Wildman–Crippen LogP) is 3.18. The van der Waals surface area contributed by atoms with Gasteiger partial charge in [0.15, 0.2) is 0 Å². The molecule has 0 radical (unpaired) electrons. The Morgan fingerprint density at radius 2 is 2.12 bits per heavy atom. The van der Waals surface area contributed by atoms with Gasteiger partial charge in [0.2, 0.25) is 0 Å². The van der Waals surface area contributed by atoms with Gasteiger partial charge in [-0.3, -0.25) is 4.79 Å². The van der Waals surface area contributed by atoms with Gasteiger partial charge in [-0.25, -0.2) is 0 Å². The molecule has 1 aromatic carbocycles. The molecule has 0 saturated carbocycles. The van der Waals surface area contributed by atoms with Crippen LogP contribution in [0.2, 0.25) is 0 Å². The Balaban J connectivity index is 2.26. The first-order valence-electron chi connectivity index (χ1n) is 5.51. The smallest absolute Gasteiger partial charge is 0.303 e. The summed E-state index contributed by atoms with van der Waals surface area (Å²) in [7, 11) is 0. The Morgan fingerprint density at radius 1 is 1.41 bits per heavy atom. The van der Waals surface area contributed by atoms with Crippen molar-refractivity contribution in [2.75, 3.05) is 0 Å². The van der Waals surface area contributed by atoms with Gasteiger partial charge in [-0.2, -0.15) is 4.37 Å². The number of esters is 1. The van der Waals surface area contributed by atoms with E-state index in [1.807, 2.05) is 26.0 Å². The highest BCUT2D eigenvalue weighted by Gasteiger charge is 2.24. The SMILES string of the molecule is CC(=O)OC(C)(C)Cc1nsc2ccccc12. The summed E-state index contributed by atoms with van der Waals surface area (Å²) >= 11 is 1.48. The summed E-state index contributed by atoms with van der Waals surface area (Å²) in [5.74, 6) is -0.255. The van der Waals surface area contributed by atoms with E-state index >= 15 is 0 Å². The molecule has 90 valence electrons. The quantitative estimate of drug-likeness (QED) is 0.784. The van der Waals surface area contributed by atoms with Crippen molar-refractivity contribution in [2.45, 2.75) is 32.8 Å². The van der Waals surface area contributed by atoms with E-state index in [2.05, 4.69) is 16.5 Å². The van der Waals surface area contributed by atoms with Crippen LogP contribution in [0.15, 0.2) is 24.3 Å². The number of hydrogen-bond acceptors (Lipinski definition) is 4. The maximum Gasteiger partial charge on any atom is 0.303 e. The van der Waals surface area contributed by atoms with E-state index in [9.17, 15) is 4.79 Å². The van der Waals surface area contributed by atoms with Crippen molar-refractivity contribution in [3.63, 3.8) is 0 Å². The molecule has 2 rings (SSSR count). The molecule has 0 amide bonds. The minimum Gasteiger partial charge on any atom is -0.459 e. The van der Waals surface area contributed by atoms with Crippen LogP contribution in [0.5, 0.6) is 0 Å². The second-order valence-electron chi connectivity index (χ2n) is 4.66. The molecule has 0 bridgehead atoms. The summed E-state index contributed by atoms with van der Waals surface area (Å²) in [6.07, 6.45) is 0.636. The first-order valence-corrected chi connectivity index (χ1v) is 6.28. The largest absolute Gasteiger partial charge is 0.459 e. The summed E-state index contributed by atoms with van der Waals surface area (Å²) < 4.78 is 10.9. The zero-order valence-electron chi connectivity index (χ0n) is 10.2. The summed E-state index contributed by atoms with van der Waals surface area (Å²) in [5.41, 5.74) is 0.486. The molecule has 0 fully saturated rings. The van der Waals surface area contributed by atoms with E-state index in [1.165, 1.54) is 23.2 Å². The highest BCUT2D eigenvalue weighted by atomic mass is 32.1. The third-order valence-electron chi connectivity index (χ3n) is 2.47. The number of fused-ring (bicyclic) bond motifs is 1. The third kappa shape index (κ3) is 2.82. The second kappa shape index (κ2) is 4.45. The van der Waals surface area contributed by atoms with Crippen molar-refractivity contribution in [2.24, 2.45) is 0 Å². The monoisotopic (exact) mass is 249 g/mol. The first kappa shape index (κ1) is 12.0. The fourth-order valence-corrected chi connectivity index (χ4v) is 2.69. The number of carbonyl (C=O) groups is 1. The molecule has 1 heterocycles. The lowest BCUT2D eigenvalue weighted by molar-refractivity contribution is -0.153. The number of ether oxygens (including phenoxy) is 1. The molecule has 0 atom stereocenters. The van der Waals surface area contributed by atoms with E-state index in [4.69, 9.17) is 4.74 Å². The lowest BCUT2D eigenvalue weighted by atomic mass is 10.0. The van der Waals surface area contributed by atoms with E-state index in [-0.39, 0.29) is 5.97 Å². The van der Waals surface area contributed by atoms with E-state index < -0.39 is 5.60 Å². The van der Waals surface area contributed by atoms with Crippen molar-refractivity contribution in [3.8, 4) is 0 Å². The van der Waals surface area contributed by atoms with E-state index in [1.54, 1.807) is 0 Å². The number of nitrogens with zero attached hydrogens (tertiary/aromatic N) is 1. The average Bonchev–Trinajstić information content (AvgIpc) is 2.59. The molecule has 0 N–H and O–H groups in total. The van der Waals surface area contributed by atoms with Gasteiger partial charge in [-0.05, 0) is 31.4 Å². The van der Waals surface area contributed by atoms with Gasteiger partial charge >= 0.3 is 5.97 Å². The van der Waals surface area contributed by atoms with E-state index in [0.717, 1.165) is 11.1 Å². The van der Waals surface area contributed by atoms with Gasteiger partial charge in [0, 0.05) is 18.7 Å². The highest BCUT2D eigenvalue weighted by Crippen LogP contribution is 2.26. The lowest BCUT2D eigenvalue weighted by Gasteiger charge is -2.23. The molecule has 0 aliphatic heterocycles. The number of benzene rings is 1. The maximum atomic E-state index is 11.0. The van der Waals surface area contributed by atoms with Gasteiger partial charge < -0.3 is 4.74 Å². The Bertz CT molecular complexity index is 545. The first-order chi connectivity index (χ1) is 7.98. The zero-order chi connectivity index (χ0) is 12.5. The molecule has 2 aromatic rings. The maximum absolute atomic E-state index is 11.0. The standard InChI is InChI=1S/C13H15NO2S/c1-9(15)16-13(2,3)8-11-10-6-4-5-7-12(10)17-14-11/h4-7H,8H2,1-3H3. The van der Waals surface area contributed by atoms with Crippen LogP contribution < -0.4 is 0 Å². The van der Waals surface area contributed by atoms with Crippen LogP contribution in [0, 0.1) is 0 Å². The molecular formula is C13H15NO2S. The molecule has 0 saturated heterocycles. The van der Waals surface area contributed by atoms with Crippen molar-refractivity contribution >= 4 is 27.6 Å². The predicted molar refractivity (Wildman–Crippen MR) is 69.2 cm³/mol. The number of rotatable bonds is 3. The lowest BCUT2D eigenvalue weighted by Crippen LogP contribution is -2.29. The fourth-order valence-electron chi connectivity index (χ4n) is 1.89. The van der Waals surface area contributed by atoms with Gasteiger partial charge in [-0.15, -0.1) is 0 Å². The summed E-state index contributed by atoms with van der Waals surface area (Å²) in [5, 5.41) is 1.15. The molecule has 17 heavy (non-hydrogen) atoms. The van der Waals surface area contributed by atoms with Crippen molar-refractivity contribution in [1.82, 2.24) is 4.37 Å². The molecule has 0 aliphatic carbocycles. The molecule has 0 spiro atoms. The fraction of sp³-hybridized carbons (Fsp3) is 0.385. The Kier molecular flexibility index (Phi) is 3.15. The zero-order valence-corrected chi connectivity index (χ0v) is 11.0. The van der Waals surface area contributed by atoms with E-state index in [0.29, 0.717) is 6.42 Å². The van der Waals surface area contributed by atoms with Crippen LogP contribution >= 0.6 is 11.5 Å². The van der Waals surface area contributed by atoms with Gasteiger partial charge in [0.1, 0.15) is 5.60 Å². The molecular weight excluding hydrogens is 234 g/mol. The topological polar surface area (TPSA) is 39.2 Å². The van der Waals surface area contributed by atoms with Gasteiger partial charge in [0.05, 0.1) is 10.4 Å². The normalized spacial score (nSPS) is 11.7. The molecule has 0 aliphatic rings. The van der Waals surface area contributed by atoms with Crippen LogP contribution in [0.25, 0.3) is 10.1 Å². The highest BCUT2D eigenvalue weighted by molar-refractivity contribution is 7.13. The van der Waals surface area contributed by atoms with Crippen LogP contribution in [0.1, 0.15) is 26.5 Å². The van der Waals surface area contributed by atoms with Crippen LogP contribution in [0.4, 0.5) is 0 Å². The minimum absolute atomic E-state index is 0.255. The summed E-state index contributed by atoms with van der Waals surface area (Å²) in [6.45, 7) is 5.24. The van der Waals surface area contributed by atoms with Crippen molar-refractivity contribution < 1.29 is 9.53 Å². The molecule has 4 heteroatoms. The number of aromatic nitrogens is 1. The van der Waals surface area contributed by atoms with Gasteiger partial charge in [-0.1, -0.05) is 18.2 Å². The van der Waals surface area contributed by atoms with Crippen LogP contribution in [0.3, 0.4) is 0 Å². The summed E-state index contributed by atoms with van der Waals surface area (Å²) in [4.78, 5) is 11.0. The number of carbonyl (C=O) groups excluding carboxylic acids is 1. The Labute approximate surface area is 105 Å². The molecule has 0 unspecified atom stereocenters. The van der Waals surface area contributed by atoms with Gasteiger partial charge in [0.25, 0.3) is 0 Å². The average molecular weight is 249 g/mol. The number of hydrogen-bond donors (Lipinski definition) is 0. The minimum atomic E-state index is -0.511. The van der Waals surface area contributed by atoms with Crippen LogP contribution in [-0.4, -0.2) is 15.9 Å². The molecule has 3 nitrogen and oxygen atoms in total.